The minimum Gasteiger partial charge on any atom is -0.370 e. The van der Waals surface area contributed by atoms with Crippen LogP contribution in [0.5, 0.6) is 0 Å². The van der Waals surface area contributed by atoms with Gasteiger partial charge in [0.15, 0.2) is 0 Å². The van der Waals surface area contributed by atoms with Gasteiger partial charge in [-0.05, 0) is 38.1 Å². The SMILES string of the molecule is Cc1[nH]ncc1C(=O)N1CCOC(C)(CNC(=O)c2ccc3cccnn23)C1. The predicted octanol–water partition coefficient (Wildman–Crippen LogP) is 1.03. The molecule has 1 fully saturated rings. The molecule has 1 atom stereocenters. The summed E-state index contributed by atoms with van der Waals surface area (Å²) in [6, 6.07) is 7.28. The van der Waals surface area contributed by atoms with Crippen LogP contribution in [0.2, 0.25) is 0 Å². The summed E-state index contributed by atoms with van der Waals surface area (Å²) < 4.78 is 7.49. The van der Waals surface area contributed by atoms with E-state index in [0.717, 1.165) is 11.2 Å². The number of H-pyrrole nitrogens is 1. The van der Waals surface area contributed by atoms with Gasteiger partial charge in [-0.2, -0.15) is 10.2 Å². The van der Waals surface area contributed by atoms with Crippen LogP contribution in [0, 0.1) is 6.92 Å². The van der Waals surface area contributed by atoms with Crippen LogP contribution in [0.25, 0.3) is 5.52 Å². The molecule has 4 heterocycles. The Morgan fingerprint density at radius 2 is 2.21 bits per heavy atom. The van der Waals surface area contributed by atoms with Crippen LogP contribution < -0.4 is 5.32 Å². The number of carbonyl (C=O) groups excluding carboxylic acids is 2. The molecule has 0 radical (unpaired) electrons. The number of hydrogen-bond acceptors (Lipinski definition) is 5. The van der Waals surface area contributed by atoms with Crippen molar-refractivity contribution >= 4 is 17.3 Å². The van der Waals surface area contributed by atoms with Gasteiger partial charge in [0.25, 0.3) is 11.8 Å². The van der Waals surface area contributed by atoms with Crippen molar-refractivity contribution in [1.29, 1.82) is 0 Å². The molecule has 2 N–H and O–H groups in total. The third-order valence-corrected chi connectivity index (χ3v) is 4.96. The summed E-state index contributed by atoms with van der Waals surface area (Å²) >= 11 is 0. The number of nitrogens with one attached hydrogen (secondary N) is 2. The second kappa shape index (κ2) is 7.08. The molecule has 9 heteroatoms. The molecule has 0 bridgehead atoms. The molecular weight excluding hydrogens is 360 g/mol. The fourth-order valence-corrected chi connectivity index (χ4v) is 3.42. The average Bonchev–Trinajstić information content (AvgIpc) is 3.32. The summed E-state index contributed by atoms with van der Waals surface area (Å²) in [7, 11) is 0. The number of aromatic amines is 1. The van der Waals surface area contributed by atoms with Gasteiger partial charge < -0.3 is 15.0 Å². The lowest BCUT2D eigenvalue weighted by Crippen LogP contribution is -2.57. The van der Waals surface area contributed by atoms with Crippen LogP contribution in [-0.4, -0.2) is 68.4 Å². The highest BCUT2D eigenvalue weighted by molar-refractivity contribution is 5.95. The van der Waals surface area contributed by atoms with Gasteiger partial charge in [-0.1, -0.05) is 0 Å². The Labute approximate surface area is 161 Å². The van der Waals surface area contributed by atoms with Crippen molar-refractivity contribution in [3.63, 3.8) is 0 Å². The molecule has 1 aliphatic heterocycles. The fraction of sp³-hybridized carbons (Fsp3) is 0.368. The summed E-state index contributed by atoms with van der Waals surface area (Å²) in [4.78, 5) is 27.1. The predicted molar refractivity (Wildman–Crippen MR) is 101 cm³/mol. The van der Waals surface area contributed by atoms with Gasteiger partial charge in [-0.25, -0.2) is 4.52 Å². The second-order valence-electron chi connectivity index (χ2n) is 7.20. The number of morpholine rings is 1. The van der Waals surface area contributed by atoms with Crippen LogP contribution in [0.3, 0.4) is 0 Å². The number of nitrogens with zero attached hydrogens (tertiary/aromatic N) is 4. The first-order valence-electron chi connectivity index (χ1n) is 9.11. The number of rotatable bonds is 4. The summed E-state index contributed by atoms with van der Waals surface area (Å²) in [6.07, 6.45) is 3.17. The van der Waals surface area contributed by atoms with Crippen LogP contribution in [0.15, 0.2) is 36.7 Å². The molecule has 9 nitrogen and oxygen atoms in total. The molecule has 3 aromatic heterocycles. The highest BCUT2D eigenvalue weighted by atomic mass is 16.5. The summed E-state index contributed by atoms with van der Waals surface area (Å²) in [5.74, 6) is -0.327. The van der Waals surface area contributed by atoms with Crippen molar-refractivity contribution in [2.45, 2.75) is 19.4 Å². The molecule has 146 valence electrons. The van der Waals surface area contributed by atoms with Gasteiger partial charge >= 0.3 is 0 Å². The van der Waals surface area contributed by atoms with Crippen molar-refractivity contribution in [2.75, 3.05) is 26.2 Å². The third kappa shape index (κ3) is 3.36. The van der Waals surface area contributed by atoms with Gasteiger partial charge in [0.2, 0.25) is 0 Å². The summed E-state index contributed by atoms with van der Waals surface area (Å²) in [5.41, 5.74) is 1.91. The molecule has 28 heavy (non-hydrogen) atoms. The number of hydrogen-bond donors (Lipinski definition) is 2. The van der Waals surface area contributed by atoms with Crippen LogP contribution >= 0.6 is 0 Å². The maximum Gasteiger partial charge on any atom is 0.270 e. The number of amides is 2. The highest BCUT2D eigenvalue weighted by Crippen LogP contribution is 2.20. The first kappa shape index (κ1) is 18.2. The van der Waals surface area contributed by atoms with E-state index in [1.807, 2.05) is 32.0 Å². The number of ether oxygens (including phenoxy) is 1. The molecule has 1 aliphatic rings. The largest absolute Gasteiger partial charge is 0.370 e. The first-order chi connectivity index (χ1) is 13.5. The van der Waals surface area contributed by atoms with E-state index in [2.05, 4.69) is 20.6 Å². The minimum absolute atomic E-state index is 0.0890. The zero-order valence-electron chi connectivity index (χ0n) is 15.8. The van der Waals surface area contributed by atoms with E-state index < -0.39 is 5.60 Å². The minimum atomic E-state index is -0.679. The van der Waals surface area contributed by atoms with Gasteiger partial charge in [-0.15, -0.1) is 0 Å². The monoisotopic (exact) mass is 382 g/mol. The Hall–Kier alpha value is -3.20. The summed E-state index contributed by atoms with van der Waals surface area (Å²) in [6.45, 7) is 5.27. The first-order valence-corrected chi connectivity index (χ1v) is 9.11. The van der Waals surface area contributed by atoms with E-state index in [1.165, 1.54) is 6.20 Å². The lowest BCUT2D eigenvalue weighted by atomic mass is 10.0. The molecule has 0 saturated carbocycles. The van der Waals surface area contributed by atoms with Crippen LogP contribution in [0.1, 0.15) is 33.5 Å². The zero-order valence-corrected chi connectivity index (χ0v) is 15.8. The Morgan fingerprint density at radius 1 is 1.36 bits per heavy atom. The number of carbonyl (C=O) groups is 2. The maximum absolute atomic E-state index is 12.8. The van der Waals surface area contributed by atoms with Gasteiger partial charge in [-0.3, -0.25) is 14.7 Å². The van der Waals surface area contributed by atoms with Gasteiger partial charge in [0.05, 0.1) is 30.4 Å². The third-order valence-electron chi connectivity index (χ3n) is 4.96. The quantitative estimate of drug-likeness (QED) is 0.701. The van der Waals surface area contributed by atoms with Crippen molar-refractivity contribution in [1.82, 2.24) is 30.0 Å². The molecule has 4 rings (SSSR count). The molecule has 0 spiro atoms. The fourth-order valence-electron chi connectivity index (χ4n) is 3.42. The number of fused-ring (bicyclic) bond motifs is 1. The number of aromatic nitrogens is 4. The van der Waals surface area contributed by atoms with E-state index in [1.54, 1.807) is 21.7 Å². The molecule has 0 aromatic carbocycles. The molecule has 1 saturated heterocycles. The van der Waals surface area contributed by atoms with Gasteiger partial charge in [0.1, 0.15) is 11.3 Å². The molecule has 2 amide bonds. The molecule has 0 aliphatic carbocycles. The summed E-state index contributed by atoms with van der Waals surface area (Å²) in [5, 5.41) is 13.8. The lowest BCUT2D eigenvalue weighted by Gasteiger charge is -2.40. The van der Waals surface area contributed by atoms with Crippen molar-refractivity contribution in [3.05, 3.63) is 53.6 Å². The van der Waals surface area contributed by atoms with E-state index >= 15 is 0 Å². The van der Waals surface area contributed by atoms with Crippen molar-refractivity contribution in [3.8, 4) is 0 Å². The van der Waals surface area contributed by atoms with Crippen molar-refractivity contribution in [2.24, 2.45) is 0 Å². The Balaban J connectivity index is 1.43. The standard InChI is InChI=1S/C19H22N6O3/c1-13-15(10-21-23-13)18(27)24-8-9-28-19(2,12-24)11-20-17(26)16-6-5-14-4-3-7-22-25(14)16/h3-7,10H,8-9,11-12H2,1-2H3,(H,20,26)(H,21,23). The van der Waals surface area contributed by atoms with E-state index in [0.29, 0.717) is 31.0 Å². The Morgan fingerprint density at radius 3 is 3.00 bits per heavy atom. The molecule has 3 aromatic rings. The lowest BCUT2D eigenvalue weighted by molar-refractivity contribution is -0.0851. The van der Waals surface area contributed by atoms with Crippen LogP contribution in [0.4, 0.5) is 0 Å². The molecular formula is C19H22N6O3. The van der Waals surface area contributed by atoms with Crippen molar-refractivity contribution < 1.29 is 14.3 Å². The zero-order chi connectivity index (χ0) is 19.7. The topological polar surface area (TPSA) is 105 Å². The average molecular weight is 382 g/mol. The smallest absolute Gasteiger partial charge is 0.270 e. The van der Waals surface area contributed by atoms with E-state index in [-0.39, 0.29) is 18.4 Å². The van der Waals surface area contributed by atoms with Crippen LogP contribution in [-0.2, 0) is 4.74 Å². The molecule has 1 unspecified atom stereocenters. The normalized spacial score (nSPS) is 19.7. The Kier molecular flexibility index (Phi) is 4.60. The van der Waals surface area contributed by atoms with E-state index in [9.17, 15) is 9.59 Å². The van der Waals surface area contributed by atoms with E-state index in [4.69, 9.17) is 4.74 Å². The van der Waals surface area contributed by atoms with Gasteiger partial charge in [0, 0.05) is 25.0 Å². The highest BCUT2D eigenvalue weighted by Gasteiger charge is 2.35. The second-order valence-corrected chi connectivity index (χ2v) is 7.20. The maximum atomic E-state index is 12.8. The Bertz CT molecular complexity index is 1030. The number of aryl methyl sites for hydroxylation is 1.